The van der Waals surface area contributed by atoms with Crippen LogP contribution in [0.2, 0.25) is 0 Å². The predicted molar refractivity (Wildman–Crippen MR) is 68.9 cm³/mol. The second-order valence-corrected chi connectivity index (χ2v) is 4.26. The van der Waals surface area contributed by atoms with Crippen LogP contribution in [-0.2, 0) is 16.0 Å². The highest BCUT2D eigenvalue weighted by Crippen LogP contribution is 2.04. The van der Waals surface area contributed by atoms with Crippen molar-refractivity contribution >= 4 is 5.91 Å². The van der Waals surface area contributed by atoms with Crippen LogP contribution in [0.4, 0.5) is 0 Å². The fourth-order valence-electron chi connectivity index (χ4n) is 1.74. The van der Waals surface area contributed by atoms with E-state index < -0.39 is 0 Å². The molecule has 0 spiro atoms. The van der Waals surface area contributed by atoms with Crippen molar-refractivity contribution in [2.75, 3.05) is 13.7 Å². The second kappa shape index (κ2) is 7.85. The number of methoxy groups -OCH3 is 1. The van der Waals surface area contributed by atoms with Crippen molar-refractivity contribution in [1.82, 2.24) is 5.32 Å². The van der Waals surface area contributed by atoms with Crippen LogP contribution in [0, 0.1) is 0 Å². The molecule has 0 saturated heterocycles. The third-order valence-corrected chi connectivity index (χ3v) is 2.54. The van der Waals surface area contributed by atoms with Crippen LogP contribution in [-0.4, -0.2) is 25.7 Å². The number of benzene rings is 1. The first-order chi connectivity index (χ1) is 8.22. The van der Waals surface area contributed by atoms with E-state index in [1.807, 2.05) is 25.1 Å². The minimum Gasteiger partial charge on any atom is -0.383 e. The lowest BCUT2D eigenvalue weighted by Crippen LogP contribution is -2.35. The SMILES string of the molecule is COCC(C)NC(=O)CCCc1ccccc1. The van der Waals surface area contributed by atoms with Crippen LogP contribution >= 0.6 is 0 Å². The first-order valence-electron chi connectivity index (χ1n) is 6.04. The van der Waals surface area contributed by atoms with E-state index in [1.165, 1.54) is 5.56 Å². The average molecular weight is 235 g/mol. The fraction of sp³-hybridized carbons (Fsp3) is 0.500. The molecular formula is C14H21NO2. The Bertz CT molecular complexity index is 324. The van der Waals surface area contributed by atoms with Gasteiger partial charge in [0, 0.05) is 19.6 Å². The van der Waals surface area contributed by atoms with Crippen LogP contribution < -0.4 is 5.32 Å². The Hall–Kier alpha value is -1.35. The summed E-state index contributed by atoms with van der Waals surface area (Å²) < 4.78 is 4.96. The maximum Gasteiger partial charge on any atom is 0.220 e. The molecule has 1 aromatic carbocycles. The maximum absolute atomic E-state index is 11.6. The highest BCUT2D eigenvalue weighted by Gasteiger charge is 2.06. The van der Waals surface area contributed by atoms with Gasteiger partial charge in [-0.15, -0.1) is 0 Å². The van der Waals surface area contributed by atoms with Crippen molar-refractivity contribution in [3.05, 3.63) is 35.9 Å². The summed E-state index contributed by atoms with van der Waals surface area (Å²) in [5, 5.41) is 2.90. The number of hydrogen-bond donors (Lipinski definition) is 1. The molecule has 3 nitrogen and oxygen atoms in total. The summed E-state index contributed by atoms with van der Waals surface area (Å²) in [5.41, 5.74) is 1.28. The molecular weight excluding hydrogens is 214 g/mol. The summed E-state index contributed by atoms with van der Waals surface area (Å²) >= 11 is 0. The van der Waals surface area contributed by atoms with Crippen molar-refractivity contribution < 1.29 is 9.53 Å². The fourth-order valence-corrected chi connectivity index (χ4v) is 1.74. The Morgan fingerprint density at radius 1 is 1.35 bits per heavy atom. The Labute approximate surface area is 103 Å². The van der Waals surface area contributed by atoms with Crippen molar-refractivity contribution in [3.8, 4) is 0 Å². The monoisotopic (exact) mass is 235 g/mol. The number of amides is 1. The van der Waals surface area contributed by atoms with Crippen LogP contribution in [0.5, 0.6) is 0 Å². The Kier molecular flexibility index (Phi) is 6.33. The van der Waals surface area contributed by atoms with Crippen molar-refractivity contribution in [3.63, 3.8) is 0 Å². The molecule has 0 aliphatic heterocycles. The van der Waals surface area contributed by atoms with Crippen molar-refractivity contribution in [2.24, 2.45) is 0 Å². The van der Waals surface area contributed by atoms with Crippen LogP contribution in [0.3, 0.4) is 0 Å². The normalized spacial score (nSPS) is 12.1. The summed E-state index contributed by atoms with van der Waals surface area (Å²) in [6.45, 7) is 2.50. The average Bonchev–Trinajstić information content (AvgIpc) is 2.30. The van der Waals surface area contributed by atoms with Gasteiger partial charge < -0.3 is 10.1 Å². The van der Waals surface area contributed by atoms with Gasteiger partial charge in [-0.05, 0) is 25.3 Å². The Balaban J connectivity index is 2.16. The lowest BCUT2D eigenvalue weighted by atomic mass is 10.1. The van der Waals surface area contributed by atoms with Crippen LogP contribution in [0.1, 0.15) is 25.3 Å². The molecule has 3 heteroatoms. The van der Waals surface area contributed by atoms with Gasteiger partial charge in [-0.3, -0.25) is 4.79 Å². The Morgan fingerprint density at radius 3 is 2.71 bits per heavy atom. The summed E-state index contributed by atoms with van der Waals surface area (Å²) in [7, 11) is 1.64. The minimum absolute atomic E-state index is 0.0872. The molecule has 94 valence electrons. The van der Waals surface area contributed by atoms with Gasteiger partial charge in [0.15, 0.2) is 0 Å². The zero-order chi connectivity index (χ0) is 12.5. The number of nitrogens with one attached hydrogen (secondary N) is 1. The van der Waals surface area contributed by atoms with E-state index in [1.54, 1.807) is 7.11 Å². The molecule has 0 aromatic heterocycles. The van der Waals surface area contributed by atoms with E-state index in [9.17, 15) is 4.79 Å². The van der Waals surface area contributed by atoms with Crippen molar-refractivity contribution in [1.29, 1.82) is 0 Å². The first kappa shape index (κ1) is 13.7. The standard InChI is InChI=1S/C14H21NO2/c1-12(11-17-2)15-14(16)10-6-9-13-7-4-3-5-8-13/h3-5,7-8,12H,6,9-11H2,1-2H3,(H,15,16). The third-order valence-electron chi connectivity index (χ3n) is 2.54. The molecule has 1 aromatic rings. The molecule has 1 atom stereocenters. The summed E-state index contributed by atoms with van der Waals surface area (Å²) in [6, 6.07) is 10.3. The first-order valence-corrected chi connectivity index (χ1v) is 6.04. The number of ether oxygens (including phenoxy) is 1. The zero-order valence-electron chi connectivity index (χ0n) is 10.6. The van der Waals surface area contributed by atoms with Gasteiger partial charge in [0.25, 0.3) is 0 Å². The highest BCUT2D eigenvalue weighted by molar-refractivity contribution is 5.76. The predicted octanol–water partition coefficient (Wildman–Crippen LogP) is 2.16. The van der Waals surface area contributed by atoms with E-state index in [2.05, 4.69) is 17.4 Å². The molecule has 1 amide bonds. The number of rotatable bonds is 7. The number of carbonyl (C=O) groups excluding carboxylic acids is 1. The molecule has 1 unspecified atom stereocenters. The Morgan fingerprint density at radius 2 is 2.06 bits per heavy atom. The quantitative estimate of drug-likeness (QED) is 0.786. The van der Waals surface area contributed by atoms with Crippen molar-refractivity contribution in [2.45, 2.75) is 32.2 Å². The highest BCUT2D eigenvalue weighted by atomic mass is 16.5. The van der Waals surface area contributed by atoms with E-state index in [0.717, 1.165) is 12.8 Å². The second-order valence-electron chi connectivity index (χ2n) is 4.26. The summed E-state index contributed by atoms with van der Waals surface area (Å²) in [5.74, 6) is 0.102. The van der Waals surface area contributed by atoms with Gasteiger partial charge in [0.2, 0.25) is 5.91 Å². The van der Waals surface area contributed by atoms with Gasteiger partial charge in [-0.1, -0.05) is 30.3 Å². The molecule has 17 heavy (non-hydrogen) atoms. The largest absolute Gasteiger partial charge is 0.383 e. The summed E-state index contributed by atoms with van der Waals surface area (Å²) in [4.78, 5) is 11.6. The lowest BCUT2D eigenvalue weighted by Gasteiger charge is -2.12. The van der Waals surface area contributed by atoms with Gasteiger partial charge >= 0.3 is 0 Å². The minimum atomic E-state index is 0.0872. The number of hydrogen-bond acceptors (Lipinski definition) is 2. The van der Waals surface area contributed by atoms with Gasteiger partial charge in [0.1, 0.15) is 0 Å². The van der Waals surface area contributed by atoms with Gasteiger partial charge in [-0.2, -0.15) is 0 Å². The molecule has 0 aliphatic rings. The zero-order valence-corrected chi connectivity index (χ0v) is 10.6. The number of carbonyl (C=O) groups is 1. The topological polar surface area (TPSA) is 38.3 Å². The molecule has 0 fully saturated rings. The lowest BCUT2D eigenvalue weighted by molar-refractivity contribution is -0.122. The van der Waals surface area contributed by atoms with Crippen LogP contribution in [0.15, 0.2) is 30.3 Å². The maximum atomic E-state index is 11.6. The molecule has 0 saturated carbocycles. The third kappa shape index (κ3) is 6.07. The smallest absolute Gasteiger partial charge is 0.220 e. The molecule has 1 rings (SSSR count). The molecule has 0 radical (unpaired) electrons. The van der Waals surface area contributed by atoms with E-state index in [0.29, 0.717) is 13.0 Å². The molecule has 0 heterocycles. The molecule has 1 N–H and O–H groups in total. The summed E-state index contributed by atoms with van der Waals surface area (Å²) in [6.07, 6.45) is 2.41. The number of aryl methyl sites for hydroxylation is 1. The van der Waals surface area contributed by atoms with E-state index in [-0.39, 0.29) is 11.9 Å². The van der Waals surface area contributed by atoms with Gasteiger partial charge in [0.05, 0.1) is 6.61 Å². The van der Waals surface area contributed by atoms with E-state index in [4.69, 9.17) is 4.74 Å². The van der Waals surface area contributed by atoms with E-state index >= 15 is 0 Å². The molecule has 0 bridgehead atoms. The van der Waals surface area contributed by atoms with Gasteiger partial charge in [-0.25, -0.2) is 0 Å². The molecule has 0 aliphatic carbocycles. The van der Waals surface area contributed by atoms with Crippen LogP contribution in [0.25, 0.3) is 0 Å².